The molecular formula is C18H18N4O6S. The fourth-order valence-corrected chi connectivity index (χ4v) is 3.49. The predicted molar refractivity (Wildman–Crippen MR) is 108 cm³/mol. The standard InChI is InChI=1S/C18H18N4O6S/c1-4-28-17(24)14-10(2)15(11(3)23)29-16(14)20-18(25)21-19-9-12-6-5-7-13(8-12)22(26)27/h5-9H,4H2,1-3H3,(H2,20,21,25). The third-order valence-corrected chi connectivity index (χ3v) is 4.94. The van der Waals surface area contributed by atoms with Gasteiger partial charge in [0, 0.05) is 17.7 Å². The van der Waals surface area contributed by atoms with E-state index in [1.807, 2.05) is 0 Å². The van der Waals surface area contributed by atoms with Crippen LogP contribution in [0.25, 0.3) is 0 Å². The minimum Gasteiger partial charge on any atom is -0.462 e. The molecule has 0 aliphatic heterocycles. The van der Waals surface area contributed by atoms with E-state index < -0.39 is 16.9 Å². The van der Waals surface area contributed by atoms with Gasteiger partial charge in [-0.05, 0) is 26.3 Å². The molecule has 0 aliphatic rings. The number of amides is 2. The number of rotatable bonds is 7. The molecule has 1 aromatic carbocycles. The molecule has 11 heteroatoms. The van der Waals surface area contributed by atoms with E-state index in [9.17, 15) is 24.5 Å². The van der Waals surface area contributed by atoms with Crippen LogP contribution in [0.1, 0.15) is 45.0 Å². The average Bonchev–Trinajstić information content (AvgIpc) is 2.98. The first-order chi connectivity index (χ1) is 13.7. The topological polar surface area (TPSA) is 140 Å². The lowest BCUT2D eigenvalue weighted by Gasteiger charge is -2.06. The predicted octanol–water partition coefficient (Wildman–Crippen LogP) is 3.50. The fraction of sp³-hybridized carbons (Fsp3) is 0.222. The third-order valence-electron chi connectivity index (χ3n) is 3.63. The molecule has 0 aliphatic carbocycles. The summed E-state index contributed by atoms with van der Waals surface area (Å²) >= 11 is 0.963. The monoisotopic (exact) mass is 418 g/mol. The van der Waals surface area contributed by atoms with Crippen molar-refractivity contribution >= 4 is 46.0 Å². The number of ether oxygens (including phenoxy) is 1. The highest BCUT2D eigenvalue weighted by Crippen LogP contribution is 2.34. The second-order valence-electron chi connectivity index (χ2n) is 5.71. The van der Waals surface area contributed by atoms with Gasteiger partial charge in [0.2, 0.25) is 0 Å². The molecule has 1 heterocycles. The van der Waals surface area contributed by atoms with Gasteiger partial charge in [0.15, 0.2) is 5.78 Å². The molecule has 2 amide bonds. The third kappa shape index (κ3) is 5.45. The van der Waals surface area contributed by atoms with Crippen molar-refractivity contribution in [3.05, 3.63) is 55.9 Å². The largest absolute Gasteiger partial charge is 0.462 e. The lowest BCUT2D eigenvalue weighted by atomic mass is 10.1. The SMILES string of the molecule is CCOC(=O)c1c(NC(=O)NN=Cc2cccc([N+](=O)[O-])c2)sc(C(C)=O)c1C. The van der Waals surface area contributed by atoms with Crippen molar-refractivity contribution in [2.24, 2.45) is 5.10 Å². The highest BCUT2D eigenvalue weighted by Gasteiger charge is 2.25. The number of thiophene rings is 1. The number of ketones is 1. The summed E-state index contributed by atoms with van der Waals surface area (Å²) < 4.78 is 4.99. The van der Waals surface area contributed by atoms with Crippen LogP contribution in [0.3, 0.4) is 0 Å². The smallest absolute Gasteiger partial charge is 0.341 e. The number of nitro benzene ring substituents is 1. The van der Waals surface area contributed by atoms with Crippen molar-refractivity contribution in [3.63, 3.8) is 0 Å². The van der Waals surface area contributed by atoms with Gasteiger partial charge in [0.25, 0.3) is 5.69 Å². The van der Waals surface area contributed by atoms with Gasteiger partial charge in [-0.3, -0.25) is 20.2 Å². The molecule has 2 aromatic rings. The quantitative estimate of drug-likeness (QED) is 0.232. The Balaban J connectivity index is 2.15. The molecule has 1 aromatic heterocycles. The Bertz CT molecular complexity index is 998. The Kier molecular flexibility index (Phi) is 7.15. The Labute approximate surface area is 169 Å². The normalized spacial score (nSPS) is 10.6. The highest BCUT2D eigenvalue weighted by molar-refractivity contribution is 7.18. The van der Waals surface area contributed by atoms with Crippen LogP contribution in [0, 0.1) is 17.0 Å². The number of benzene rings is 1. The molecule has 10 nitrogen and oxygen atoms in total. The van der Waals surface area contributed by atoms with Gasteiger partial charge in [-0.2, -0.15) is 5.10 Å². The van der Waals surface area contributed by atoms with Crippen LogP contribution in [0.15, 0.2) is 29.4 Å². The zero-order chi connectivity index (χ0) is 21.6. The molecular weight excluding hydrogens is 400 g/mol. The van der Waals surface area contributed by atoms with E-state index in [4.69, 9.17) is 4.74 Å². The summed E-state index contributed by atoms with van der Waals surface area (Å²) in [6.45, 7) is 4.75. The number of nitrogens with one attached hydrogen (secondary N) is 2. The van der Waals surface area contributed by atoms with Crippen LogP contribution in [-0.2, 0) is 4.74 Å². The summed E-state index contributed by atoms with van der Waals surface area (Å²) in [6.07, 6.45) is 1.24. The number of esters is 1. The Morgan fingerprint density at radius 1 is 1.34 bits per heavy atom. The van der Waals surface area contributed by atoms with Crippen molar-refractivity contribution in [1.29, 1.82) is 0 Å². The number of urea groups is 1. The Morgan fingerprint density at radius 3 is 2.69 bits per heavy atom. The minimum absolute atomic E-state index is 0.108. The average molecular weight is 418 g/mol. The Hall–Kier alpha value is -3.60. The van der Waals surface area contributed by atoms with Gasteiger partial charge in [0.05, 0.1) is 28.2 Å². The maximum atomic E-state index is 12.2. The number of hydrogen-bond acceptors (Lipinski definition) is 8. The van der Waals surface area contributed by atoms with Crippen molar-refractivity contribution in [2.45, 2.75) is 20.8 Å². The van der Waals surface area contributed by atoms with Crippen LogP contribution in [0.5, 0.6) is 0 Å². The zero-order valence-corrected chi connectivity index (χ0v) is 16.7. The lowest BCUT2D eigenvalue weighted by molar-refractivity contribution is -0.384. The summed E-state index contributed by atoms with van der Waals surface area (Å²) in [4.78, 5) is 46.7. The van der Waals surface area contributed by atoms with Crippen molar-refractivity contribution in [1.82, 2.24) is 5.43 Å². The van der Waals surface area contributed by atoms with Gasteiger partial charge >= 0.3 is 12.0 Å². The van der Waals surface area contributed by atoms with Crippen molar-refractivity contribution in [2.75, 3.05) is 11.9 Å². The van der Waals surface area contributed by atoms with E-state index in [2.05, 4.69) is 15.8 Å². The molecule has 152 valence electrons. The lowest BCUT2D eigenvalue weighted by Crippen LogP contribution is -2.24. The molecule has 2 rings (SSSR count). The van der Waals surface area contributed by atoms with E-state index in [1.165, 1.54) is 31.3 Å². The van der Waals surface area contributed by atoms with Crippen LogP contribution >= 0.6 is 11.3 Å². The van der Waals surface area contributed by atoms with Crippen molar-refractivity contribution in [3.8, 4) is 0 Å². The van der Waals surface area contributed by atoms with Gasteiger partial charge in [-0.1, -0.05) is 12.1 Å². The number of non-ortho nitro benzene ring substituents is 1. The molecule has 0 saturated heterocycles. The first kappa shape index (κ1) is 21.7. The molecule has 0 fully saturated rings. The van der Waals surface area contributed by atoms with E-state index in [1.54, 1.807) is 19.9 Å². The second kappa shape index (κ2) is 9.55. The minimum atomic E-state index is -0.756. The van der Waals surface area contributed by atoms with Gasteiger partial charge in [-0.25, -0.2) is 15.0 Å². The number of hydrazone groups is 1. The molecule has 0 atom stereocenters. The number of nitro groups is 1. The Morgan fingerprint density at radius 2 is 2.07 bits per heavy atom. The number of anilines is 1. The molecule has 0 spiro atoms. The maximum absolute atomic E-state index is 12.2. The van der Waals surface area contributed by atoms with Gasteiger partial charge in [-0.15, -0.1) is 11.3 Å². The molecule has 29 heavy (non-hydrogen) atoms. The van der Waals surface area contributed by atoms with E-state index in [0.29, 0.717) is 16.0 Å². The number of carbonyl (C=O) groups is 3. The molecule has 0 radical (unpaired) electrons. The first-order valence-corrected chi connectivity index (χ1v) is 9.22. The van der Waals surface area contributed by atoms with E-state index in [0.717, 1.165) is 11.3 Å². The number of nitrogens with zero attached hydrogens (tertiary/aromatic N) is 2. The number of carbonyl (C=O) groups excluding carboxylic acids is 3. The van der Waals surface area contributed by atoms with E-state index >= 15 is 0 Å². The zero-order valence-electron chi connectivity index (χ0n) is 15.8. The number of Topliss-reactive ketones (excluding diaryl/α,β-unsaturated/α-hetero) is 1. The molecule has 2 N–H and O–H groups in total. The summed E-state index contributed by atoms with van der Waals surface area (Å²) in [5, 5.41) is 17.1. The van der Waals surface area contributed by atoms with Gasteiger partial charge in [0.1, 0.15) is 5.00 Å². The summed E-state index contributed by atoms with van der Waals surface area (Å²) in [5.41, 5.74) is 3.05. The first-order valence-electron chi connectivity index (χ1n) is 8.40. The van der Waals surface area contributed by atoms with Crippen LogP contribution in [0.4, 0.5) is 15.5 Å². The molecule has 0 saturated carbocycles. The molecule has 0 bridgehead atoms. The summed E-state index contributed by atoms with van der Waals surface area (Å²) in [6, 6.07) is 4.94. The fourth-order valence-electron chi connectivity index (χ4n) is 2.40. The summed E-state index contributed by atoms with van der Waals surface area (Å²) in [7, 11) is 0. The van der Waals surface area contributed by atoms with Crippen LogP contribution < -0.4 is 10.7 Å². The highest BCUT2D eigenvalue weighted by atomic mass is 32.1. The van der Waals surface area contributed by atoms with Crippen LogP contribution in [-0.4, -0.2) is 35.5 Å². The van der Waals surface area contributed by atoms with E-state index in [-0.39, 0.29) is 28.6 Å². The molecule has 0 unspecified atom stereocenters. The van der Waals surface area contributed by atoms with Crippen LogP contribution in [0.2, 0.25) is 0 Å². The van der Waals surface area contributed by atoms with Crippen molar-refractivity contribution < 1.29 is 24.0 Å². The second-order valence-corrected chi connectivity index (χ2v) is 6.73. The maximum Gasteiger partial charge on any atom is 0.341 e. The summed E-state index contributed by atoms with van der Waals surface area (Å²) in [5.74, 6) is -0.889. The number of hydrogen-bond donors (Lipinski definition) is 2. The van der Waals surface area contributed by atoms with Gasteiger partial charge < -0.3 is 4.74 Å².